The van der Waals surface area contributed by atoms with E-state index < -0.39 is 44.1 Å². The van der Waals surface area contributed by atoms with Gasteiger partial charge in [-0.1, -0.05) is 0 Å². The lowest BCUT2D eigenvalue weighted by Crippen LogP contribution is -2.43. The lowest BCUT2D eigenvalue weighted by Gasteiger charge is -2.14. The minimum absolute atomic E-state index is 0.0972. The summed E-state index contributed by atoms with van der Waals surface area (Å²) in [5.74, 6) is 0. The van der Waals surface area contributed by atoms with Crippen LogP contribution in [-0.4, -0.2) is 47.8 Å². The number of H-pyrrole nitrogens is 1. The monoisotopic (exact) mass is 377 g/mol. The summed E-state index contributed by atoms with van der Waals surface area (Å²) in [6.45, 7) is -0.493. The standard InChI is InChI=1S/C12H17N4O8P/c1-14-5-16(11-9(14)10(18)13-12(19)15(11)2)8-3-6(17)7(24-8)4-23-25(20,21)22/h5-8,17H,3-4H2,1-2H3,(H2-,13,18,19,20,21,22)/p+1/t6-,7+,8+/m0/s1. The number of rotatable bonds is 4. The highest BCUT2D eigenvalue weighted by Crippen LogP contribution is 2.37. The normalized spacial score (nSPS) is 24.3. The molecule has 0 radical (unpaired) electrons. The number of phosphoric ester groups is 1. The second-order valence-electron chi connectivity index (χ2n) is 5.84. The highest BCUT2D eigenvalue weighted by atomic mass is 31.2. The summed E-state index contributed by atoms with van der Waals surface area (Å²) in [6.07, 6.45) is -1.09. The van der Waals surface area contributed by atoms with Crippen molar-refractivity contribution in [2.24, 2.45) is 14.1 Å². The Labute approximate surface area is 140 Å². The molecule has 2 aromatic heterocycles. The molecular weight excluding hydrogens is 359 g/mol. The maximum Gasteiger partial charge on any atom is 0.469 e. The van der Waals surface area contributed by atoms with Crippen LogP contribution in [0.2, 0.25) is 0 Å². The molecule has 3 heterocycles. The van der Waals surface area contributed by atoms with E-state index in [0.717, 1.165) is 0 Å². The van der Waals surface area contributed by atoms with Gasteiger partial charge in [0.25, 0.3) is 11.2 Å². The van der Waals surface area contributed by atoms with Crippen LogP contribution in [0.1, 0.15) is 12.6 Å². The van der Waals surface area contributed by atoms with E-state index in [1.54, 1.807) is 13.4 Å². The number of aromatic amines is 1. The van der Waals surface area contributed by atoms with Crippen molar-refractivity contribution < 1.29 is 33.3 Å². The van der Waals surface area contributed by atoms with Gasteiger partial charge < -0.3 is 19.6 Å². The number of fused-ring (bicyclic) bond motifs is 1. The maximum absolute atomic E-state index is 12.0. The summed E-state index contributed by atoms with van der Waals surface area (Å²) in [7, 11) is -1.58. The van der Waals surface area contributed by atoms with Crippen molar-refractivity contribution in [3.05, 3.63) is 27.2 Å². The number of aliphatic hydroxyl groups is 1. The number of ether oxygens (including phenoxy) is 1. The molecule has 0 unspecified atom stereocenters. The minimum Gasteiger partial charge on any atom is -0.390 e. The molecule has 1 fully saturated rings. The molecule has 1 aliphatic rings. The van der Waals surface area contributed by atoms with Crippen LogP contribution in [0.25, 0.3) is 11.2 Å². The molecule has 13 heteroatoms. The van der Waals surface area contributed by atoms with E-state index in [0.29, 0.717) is 5.65 Å². The Balaban J connectivity index is 1.97. The first-order chi connectivity index (χ1) is 11.6. The molecule has 12 nitrogen and oxygen atoms in total. The fourth-order valence-electron chi connectivity index (χ4n) is 2.93. The molecule has 0 aliphatic carbocycles. The average molecular weight is 377 g/mol. The molecule has 0 bridgehead atoms. The number of hydrogen-bond donors (Lipinski definition) is 4. The summed E-state index contributed by atoms with van der Waals surface area (Å²) >= 11 is 0. The van der Waals surface area contributed by atoms with Gasteiger partial charge in [-0.15, -0.1) is 0 Å². The summed E-state index contributed by atoms with van der Waals surface area (Å²) in [5.41, 5.74) is -0.614. The van der Waals surface area contributed by atoms with E-state index in [4.69, 9.17) is 14.5 Å². The summed E-state index contributed by atoms with van der Waals surface area (Å²) in [5, 5.41) is 10.1. The van der Waals surface area contributed by atoms with Gasteiger partial charge in [0.05, 0.1) is 26.8 Å². The summed E-state index contributed by atoms with van der Waals surface area (Å²) in [6, 6.07) is 0. The summed E-state index contributed by atoms with van der Waals surface area (Å²) < 4.78 is 25.1. The number of phosphoric acid groups is 1. The summed E-state index contributed by atoms with van der Waals surface area (Å²) in [4.78, 5) is 43.6. The van der Waals surface area contributed by atoms with Crippen molar-refractivity contribution in [2.45, 2.75) is 24.9 Å². The zero-order chi connectivity index (χ0) is 18.5. The largest absolute Gasteiger partial charge is 0.469 e. The van der Waals surface area contributed by atoms with Crippen LogP contribution in [0.5, 0.6) is 0 Å². The van der Waals surface area contributed by atoms with Gasteiger partial charge in [0.15, 0.2) is 12.6 Å². The van der Waals surface area contributed by atoms with Crippen LogP contribution >= 0.6 is 7.82 Å². The molecule has 3 rings (SSSR count). The van der Waals surface area contributed by atoms with Crippen molar-refractivity contribution in [2.75, 3.05) is 6.61 Å². The number of aliphatic hydroxyl groups excluding tert-OH is 1. The van der Waals surface area contributed by atoms with Crippen molar-refractivity contribution in [3.8, 4) is 0 Å². The van der Waals surface area contributed by atoms with Crippen molar-refractivity contribution in [3.63, 3.8) is 0 Å². The number of nitrogens with one attached hydrogen (secondary N) is 1. The van der Waals surface area contributed by atoms with Crippen LogP contribution in [0.3, 0.4) is 0 Å². The SMILES string of the molecule is Cn1c[n+]([C@H]2C[C@H](O)[C@@H](COP(=O)(O)O)O2)c2c1c(=O)[nH]c(=O)n2C. The Morgan fingerprint density at radius 2 is 2.12 bits per heavy atom. The van der Waals surface area contributed by atoms with Crippen molar-refractivity contribution >= 4 is 19.0 Å². The van der Waals surface area contributed by atoms with E-state index in [-0.39, 0.29) is 11.9 Å². The number of aryl methyl sites for hydroxylation is 2. The number of nitrogens with zero attached hydrogens (tertiary/aromatic N) is 3. The van der Waals surface area contributed by atoms with E-state index in [1.165, 1.54) is 20.7 Å². The van der Waals surface area contributed by atoms with E-state index in [9.17, 15) is 19.3 Å². The predicted molar refractivity (Wildman–Crippen MR) is 81.5 cm³/mol. The van der Waals surface area contributed by atoms with Gasteiger partial charge in [-0.3, -0.25) is 18.9 Å². The molecule has 2 aromatic rings. The molecule has 4 N–H and O–H groups in total. The van der Waals surface area contributed by atoms with Gasteiger partial charge in [0.2, 0.25) is 5.52 Å². The Bertz CT molecular complexity index is 972. The second-order valence-corrected chi connectivity index (χ2v) is 7.08. The first-order valence-electron chi connectivity index (χ1n) is 7.31. The van der Waals surface area contributed by atoms with Crippen molar-refractivity contribution in [1.82, 2.24) is 14.1 Å². The molecule has 1 saturated heterocycles. The van der Waals surface area contributed by atoms with Gasteiger partial charge in [0, 0.05) is 6.42 Å². The van der Waals surface area contributed by atoms with Crippen molar-refractivity contribution in [1.29, 1.82) is 0 Å². The van der Waals surface area contributed by atoms with E-state index >= 15 is 0 Å². The van der Waals surface area contributed by atoms with Crippen LogP contribution in [0.15, 0.2) is 15.9 Å². The van der Waals surface area contributed by atoms with Gasteiger partial charge in [-0.25, -0.2) is 18.5 Å². The number of aromatic nitrogens is 4. The third kappa shape index (κ3) is 3.32. The van der Waals surface area contributed by atoms with Gasteiger partial charge in [-0.05, 0) is 0 Å². The number of hydrogen-bond acceptors (Lipinski definition) is 6. The molecular formula is C12H18N4O8P+. The fourth-order valence-corrected chi connectivity index (χ4v) is 3.27. The minimum atomic E-state index is -4.69. The maximum atomic E-state index is 12.0. The topological polar surface area (TPSA) is 160 Å². The Kier molecular flexibility index (Phi) is 4.43. The predicted octanol–water partition coefficient (Wildman–Crippen LogP) is -2.39. The van der Waals surface area contributed by atoms with Crippen LogP contribution in [0, 0.1) is 0 Å². The lowest BCUT2D eigenvalue weighted by molar-refractivity contribution is -0.739. The molecule has 0 aromatic carbocycles. The first kappa shape index (κ1) is 18.0. The van der Waals surface area contributed by atoms with Gasteiger partial charge in [0.1, 0.15) is 6.10 Å². The third-order valence-corrected chi connectivity index (χ3v) is 4.57. The highest BCUT2D eigenvalue weighted by molar-refractivity contribution is 7.46. The highest BCUT2D eigenvalue weighted by Gasteiger charge is 2.40. The molecule has 138 valence electrons. The Morgan fingerprint density at radius 1 is 1.44 bits per heavy atom. The molecule has 0 saturated carbocycles. The fraction of sp³-hybridized carbons (Fsp3) is 0.583. The first-order valence-corrected chi connectivity index (χ1v) is 8.84. The molecule has 1 aliphatic heterocycles. The van der Waals surface area contributed by atoms with Crippen LogP contribution < -0.4 is 15.8 Å². The third-order valence-electron chi connectivity index (χ3n) is 4.09. The van der Waals surface area contributed by atoms with Gasteiger partial charge in [-0.2, -0.15) is 0 Å². The molecule has 3 atom stereocenters. The lowest BCUT2D eigenvalue weighted by atomic mass is 10.2. The molecule has 0 amide bonds. The quantitative estimate of drug-likeness (QED) is 0.339. The average Bonchev–Trinajstić information content (AvgIpc) is 3.03. The Morgan fingerprint density at radius 3 is 2.76 bits per heavy atom. The van der Waals surface area contributed by atoms with E-state index in [2.05, 4.69) is 9.51 Å². The van der Waals surface area contributed by atoms with Crippen LogP contribution in [0.4, 0.5) is 0 Å². The Hall–Kier alpha value is -1.82. The van der Waals surface area contributed by atoms with Crippen LogP contribution in [-0.2, 0) is 27.9 Å². The van der Waals surface area contributed by atoms with Gasteiger partial charge >= 0.3 is 13.5 Å². The molecule has 0 spiro atoms. The number of imidazole rings is 1. The zero-order valence-corrected chi connectivity index (χ0v) is 14.3. The second kappa shape index (κ2) is 6.16. The zero-order valence-electron chi connectivity index (χ0n) is 13.4. The smallest absolute Gasteiger partial charge is 0.390 e. The van der Waals surface area contributed by atoms with E-state index in [1.807, 2.05) is 0 Å². The molecule has 25 heavy (non-hydrogen) atoms.